The minimum absolute atomic E-state index is 0.445. The van der Waals surface area contributed by atoms with Gasteiger partial charge in [0.25, 0.3) is 0 Å². The van der Waals surface area contributed by atoms with Gasteiger partial charge in [-0.15, -0.1) is 6.58 Å². The second kappa shape index (κ2) is 6.49. The maximum Gasteiger partial charge on any atom is 0.0199 e. The van der Waals surface area contributed by atoms with E-state index in [2.05, 4.69) is 60.0 Å². The van der Waals surface area contributed by atoms with Crippen molar-refractivity contribution in [1.82, 2.24) is 4.90 Å². The number of likely N-dealkylation sites (tertiary alicyclic amines) is 1. The van der Waals surface area contributed by atoms with E-state index in [0.29, 0.717) is 12.0 Å². The van der Waals surface area contributed by atoms with E-state index in [9.17, 15) is 0 Å². The Morgan fingerprint density at radius 3 is 2.70 bits per heavy atom. The van der Waals surface area contributed by atoms with Crippen LogP contribution in [0.3, 0.4) is 0 Å². The van der Waals surface area contributed by atoms with E-state index in [1.165, 1.54) is 61.5 Å². The Kier molecular flexibility index (Phi) is 4.22. The molecule has 0 N–H and O–H groups in total. The predicted octanol–water partition coefficient (Wildman–Crippen LogP) is 5.37. The fourth-order valence-corrected chi connectivity index (χ4v) is 4.31. The van der Waals surface area contributed by atoms with Crippen LogP contribution in [0, 0.1) is 5.92 Å². The van der Waals surface area contributed by atoms with E-state index < -0.39 is 0 Å². The summed E-state index contributed by atoms with van der Waals surface area (Å²) in [6, 6.07) is 16.2. The predicted molar refractivity (Wildman–Crippen MR) is 98.8 cm³/mol. The van der Waals surface area contributed by atoms with Gasteiger partial charge < -0.3 is 0 Å². The second-order valence-corrected chi connectivity index (χ2v) is 7.33. The minimum Gasteiger partial charge on any atom is -0.299 e. The quantitative estimate of drug-likeness (QED) is 0.671. The molecule has 2 atom stereocenters. The lowest BCUT2D eigenvalue weighted by molar-refractivity contribution is 0.130. The number of hydrogen-bond acceptors (Lipinski definition) is 1. The fraction of sp³-hybridized carbons (Fsp3) is 0.455. The van der Waals surface area contributed by atoms with Crippen LogP contribution in [0.15, 0.2) is 55.1 Å². The maximum absolute atomic E-state index is 4.22. The highest BCUT2D eigenvalue weighted by Gasteiger charge is 2.33. The van der Waals surface area contributed by atoms with Gasteiger partial charge in [0, 0.05) is 18.5 Å². The van der Waals surface area contributed by atoms with Crippen LogP contribution in [0.2, 0.25) is 0 Å². The van der Waals surface area contributed by atoms with E-state index in [0.717, 1.165) is 5.92 Å². The largest absolute Gasteiger partial charge is 0.299 e. The van der Waals surface area contributed by atoms with Gasteiger partial charge in [0.2, 0.25) is 0 Å². The van der Waals surface area contributed by atoms with Crippen LogP contribution in [0.1, 0.15) is 43.6 Å². The van der Waals surface area contributed by atoms with Gasteiger partial charge in [0.1, 0.15) is 0 Å². The first-order valence-corrected chi connectivity index (χ1v) is 9.21. The van der Waals surface area contributed by atoms with Crippen molar-refractivity contribution in [2.45, 2.75) is 44.1 Å². The summed E-state index contributed by atoms with van der Waals surface area (Å²) in [6.07, 6.45) is 9.13. The van der Waals surface area contributed by atoms with Gasteiger partial charge in [-0.1, -0.05) is 55.0 Å². The van der Waals surface area contributed by atoms with Crippen LogP contribution >= 0.6 is 0 Å². The zero-order valence-corrected chi connectivity index (χ0v) is 14.0. The number of rotatable bonds is 5. The van der Waals surface area contributed by atoms with Crippen molar-refractivity contribution >= 4 is 10.8 Å². The van der Waals surface area contributed by atoms with Gasteiger partial charge in [0.15, 0.2) is 0 Å². The summed E-state index contributed by atoms with van der Waals surface area (Å²) in [5.74, 6) is 1.41. The zero-order valence-electron chi connectivity index (χ0n) is 14.0. The van der Waals surface area contributed by atoms with E-state index in [1.54, 1.807) is 0 Å². The number of piperidine rings is 1. The lowest BCUT2D eigenvalue weighted by atomic mass is 9.83. The van der Waals surface area contributed by atoms with Crippen molar-refractivity contribution in [2.75, 3.05) is 13.1 Å². The Morgan fingerprint density at radius 2 is 1.87 bits per heavy atom. The summed E-state index contributed by atoms with van der Waals surface area (Å²) in [4.78, 5) is 2.77. The van der Waals surface area contributed by atoms with Crippen LogP contribution in [0.25, 0.3) is 10.8 Å². The molecular weight excluding hydrogens is 278 g/mol. The van der Waals surface area contributed by atoms with E-state index in [4.69, 9.17) is 0 Å². The Balaban J connectivity index is 1.69. The summed E-state index contributed by atoms with van der Waals surface area (Å²) < 4.78 is 0. The van der Waals surface area contributed by atoms with Crippen molar-refractivity contribution in [2.24, 2.45) is 5.92 Å². The van der Waals surface area contributed by atoms with Crippen LogP contribution < -0.4 is 0 Å². The van der Waals surface area contributed by atoms with Crippen LogP contribution in [0.5, 0.6) is 0 Å². The molecule has 1 saturated heterocycles. The third kappa shape index (κ3) is 3.07. The standard InChI is InChI=1S/C22H27N/c1-2-19(21-11-7-9-18-8-3-4-10-20(18)21)22-12-5-6-15-23(22)16-17-13-14-17/h2-4,7-11,17,19,22H,1,5-6,12-16H2. The van der Waals surface area contributed by atoms with Crippen molar-refractivity contribution in [1.29, 1.82) is 0 Å². The Hall–Kier alpha value is -1.60. The lowest BCUT2D eigenvalue weighted by Gasteiger charge is -2.40. The number of hydrogen-bond donors (Lipinski definition) is 0. The molecule has 0 aromatic heterocycles. The normalized spacial score (nSPS) is 23.7. The topological polar surface area (TPSA) is 3.24 Å². The molecule has 1 heterocycles. The first-order chi connectivity index (χ1) is 11.4. The molecule has 2 aromatic carbocycles. The molecule has 120 valence electrons. The van der Waals surface area contributed by atoms with Crippen LogP contribution in [-0.2, 0) is 0 Å². The second-order valence-electron chi connectivity index (χ2n) is 7.33. The molecular formula is C22H27N. The maximum atomic E-state index is 4.22. The Bertz CT molecular complexity index is 680. The Labute approximate surface area is 140 Å². The van der Waals surface area contributed by atoms with Crippen LogP contribution in [0.4, 0.5) is 0 Å². The smallest absolute Gasteiger partial charge is 0.0199 e. The SMILES string of the molecule is C=CC(c1cccc2ccccc12)C1CCCCN1CC1CC1. The monoisotopic (exact) mass is 305 g/mol. The number of nitrogens with zero attached hydrogens (tertiary/aromatic N) is 1. The lowest BCUT2D eigenvalue weighted by Crippen LogP contribution is -2.43. The van der Waals surface area contributed by atoms with Gasteiger partial charge in [-0.25, -0.2) is 0 Å². The van der Waals surface area contributed by atoms with Crippen molar-refractivity contribution in [3.63, 3.8) is 0 Å². The van der Waals surface area contributed by atoms with Gasteiger partial charge in [-0.3, -0.25) is 4.90 Å². The third-order valence-corrected chi connectivity index (χ3v) is 5.70. The van der Waals surface area contributed by atoms with E-state index in [-0.39, 0.29) is 0 Å². The molecule has 0 amide bonds. The summed E-state index contributed by atoms with van der Waals surface area (Å²) >= 11 is 0. The third-order valence-electron chi connectivity index (χ3n) is 5.70. The van der Waals surface area contributed by atoms with E-state index >= 15 is 0 Å². The molecule has 1 nitrogen and oxygen atoms in total. The summed E-state index contributed by atoms with van der Waals surface area (Å²) in [5.41, 5.74) is 1.46. The molecule has 1 saturated carbocycles. The van der Waals surface area contributed by atoms with Crippen molar-refractivity contribution in [3.05, 3.63) is 60.7 Å². The molecule has 2 fully saturated rings. The molecule has 0 radical (unpaired) electrons. The molecule has 0 spiro atoms. The van der Waals surface area contributed by atoms with E-state index in [1.807, 2.05) is 0 Å². The average Bonchev–Trinajstić information content (AvgIpc) is 3.41. The zero-order chi connectivity index (χ0) is 15.6. The van der Waals surface area contributed by atoms with Gasteiger partial charge in [0.05, 0.1) is 0 Å². The van der Waals surface area contributed by atoms with Crippen molar-refractivity contribution < 1.29 is 0 Å². The molecule has 1 aliphatic heterocycles. The van der Waals surface area contributed by atoms with Gasteiger partial charge in [-0.05, 0) is 54.5 Å². The molecule has 0 bridgehead atoms. The fourth-order valence-electron chi connectivity index (χ4n) is 4.31. The minimum atomic E-state index is 0.445. The molecule has 23 heavy (non-hydrogen) atoms. The number of fused-ring (bicyclic) bond motifs is 1. The average molecular weight is 305 g/mol. The Morgan fingerprint density at radius 1 is 1.04 bits per heavy atom. The number of benzene rings is 2. The molecule has 1 heteroatoms. The highest BCUT2D eigenvalue weighted by molar-refractivity contribution is 5.86. The molecule has 1 aliphatic carbocycles. The summed E-state index contributed by atoms with van der Waals surface area (Å²) in [6.45, 7) is 6.80. The molecule has 2 unspecified atom stereocenters. The first kappa shape index (κ1) is 15.0. The highest BCUT2D eigenvalue weighted by atomic mass is 15.2. The molecule has 2 aromatic rings. The molecule has 4 rings (SSSR count). The van der Waals surface area contributed by atoms with Crippen LogP contribution in [-0.4, -0.2) is 24.0 Å². The molecule has 2 aliphatic rings. The van der Waals surface area contributed by atoms with Crippen molar-refractivity contribution in [3.8, 4) is 0 Å². The van der Waals surface area contributed by atoms with Gasteiger partial charge >= 0.3 is 0 Å². The first-order valence-electron chi connectivity index (χ1n) is 9.21. The van der Waals surface area contributed by atoms with Gasteiger partial charge in [-0.2, -0.15) is 0 Å². The summed E-state index contributed by atoms with van der Waals surface area (Å²) in [5, 5.41) is 2.75. The highest BCUT2D eigenvalue weighted by Crippen LogP contribution is 2.38. The summed E-state index contributed by atoms with van der Waals surface area (Å²) in [7, 11) is 0.